The molecule has 0 spiro atoms. The maximum atomic E-state index is 10.3. The summed E-state index contributed by atoms with van der Waals surface area (Å²) in [5.74, 6) is -3.55. The number of rotatable bonds is 5. The molecule has 0 aromatic heterocycles. The van der Waals surface area contributed by atoms with Crippen LogP contribution < -0.4 is 69.3 Å². The molecule has 0 amide bonds. The number of carbonyl (C=O) groups is 2. The van der Waals surface area contributed by atoms with Gasteiger partial charge in [-0.1, -0.05) is 0 Å². The van der Waals surface area contributed by atoms with Gasteiger partial charge >= 0.3 is 59.1 Å². The first-order chi connectivity index (χ1) is 6.09. The van der Waals surface area contributed by atoms with Crippen LogP contribution in [0.15, 0.2) is 0 Å². The van der Waals surface area contributed by atoms with E-state index in [-0.39, 0.29) is 80.7 Å². The molecule has 0 heterocycles. The van der Waals surface area contributed by atoms with Crippen molar-refractivity contribution >= 4 is 33.5 Å². The van der Waals surface area contributed by atoms with Gasteiger partial charge in [-0.15, -0.1) is 0 Å². The van der Waals surface area contributed by atoms with E-state index in [1.165, 1.54) is 0 Å². The number of aliphatic carboxylic acids is 2. The molecule has 6 nitrogen and oxygen atoms in total. The first-order valence-corrected chi connectivity index (χ1v) is 5.49. The van der Waals surface area contributed by atoms with Crippen molar-refractivity contribution in [1.29, 1.82) is 0 Å². The van der Waals surface area contributed by atoms with Crippen LogP contribution in [0.5, 0.6) is 0 Å². The van der Waals surface area contributed by atoms with Crippen LogP contribution in [0.3, 0.4) is 0 Å². The predicted octanol–water partition coefficient (Wildman–Crippen LogP) is -8.71. The molecule has 0 saturated heterocycles. The number of carboxylic acid groups (broad SMARTS) is 2. The predicted molar refractivity (Wildman–Crippen MR) is 46.4 cm³/mol. The summed E-state index contributed by atoms with van der Waals surface area (Å²) in [6.07, 6.45) is 0. The largest absolute Gasteiger partial charge is 1.00 e. The maximum absolute atomic E-state index is 10.3. The summed E-state index contributed by atoms with van der Waals surface area (Å²) < 4.78 is 0. The topological polar surface area (TPSA) is 121 Å². The Morgan fingerprint density at radius 1 is 0.938 bits per heavy atom. The third-order valence-electron chi connectivity index (χ3n) is 1.12. The minimum Gasteiger partial charge on any atom is -0.546 e. The first-order valence-electron chi connectivity index (χ1n) is 3.34. The van der Waals surface area contributed by atoms with Crippen molar-refractivity contribution in [3.05, 3.63) is 0 Å². The van der Waals surface area contributed by atoms with Crippen LogP contribution in [-0.2, 0) is 9.59 Å². The van der Waals surface area contributed by atoms with Gasteiger partial charge in [-0.05, 0) is 35.4 Å². The molecule has 0 fully saturated rings. The molecule has 0 aliphatic heterocycles. The molecule has 0 saturated carbocycles. The summed E-state index contributed by atoms with van der Waals surface area (Å²) in [7, 11) is 0.523. The minimum absolute atomic E-state index is 0. The summed E-state index contributed by atoms with van der Waals surface area (Å²) in [6, 6.07) is 0. The van der Waals surface area contributed by atoms with Gasteiger partial charge in [0.15, 0.2) is 9.87 Å². The summed E-state index contributed by atoms with van der Waals surface area (Å²) >= 11 is 0. The Bertz CT molecular complexity index is 231. The van der Waals surface area contributed by atoms with Gasteiger partial charge < -0.3 is 30.0 Å². The summed E-state index contributed by atoms with van der Waals surface area (Å²) in [5.41, 5.74) is 0. The van der Waals surface area contributed by atoms with E-state index >= 15 is 0 Å². The number of carbonyl (C=O) groups excluding carboxylic acids is 2. The van der Waals surface area contributed by atoms with Crippen LogP contribution >= 0.6 is 21.6 Å². The summed E-state index contributed by atoms with van der Waals surface area (Å²) in [6.45, 7) is 1.82. The van der Waals surface area contributed by atoms with Crippen molar-refractivity contribution in [2.45, 2.75) is 23.7 Å². The van der Waals surface area contributed by atoms with Crippen molar-refractivity contribution in [2.75, 3.05) is 0 Å². The first kappa shape index (κ1) is 22.7. The number of carboxylic acids is 2. The van der Waals surface area contributed by atoms with Crippen LogP contribution in [0, 0.1) is 0 Å². The molecule has 10 heteroatoms. The smallest absolute Gasteiger partial charge is 0.546 e. The molecule has 0 bridgehead atoms. The van der Waals surface area contributed by atoms with Crippen molar-refractivity contribution in [1.82, 2.24) is 0 Å². The molecule has 2 atom stereocenters. The van der Waals surface area contributed by atoms with E-state index in [1.54, 1.807) is 0 Å². The summed E-state index contributed by atoms with van der Waals surface area (Å²) in [5, 5.41) is 38.7. The van der Waals surface area contributed by atoms with Gasteiger partial charge in [-0.2, -0.15) is 0 Å². The van der Waals surface area contributed by atoms with Crippen molar-refractivity contribution in [3.63, 3.8) is 0 Å². The monoisotopic (exact) mass is 286 g/mol. The van der Waals surface area contributed by atoms with Crippen molar-refractivity contribution < 1.29 is 89.1 Å². The Morgan fingerprint density at radius 2 is 1.12 bits per heavy atom. The van der Waals surface area contributed by atoms with Crippen LogP contribution in [0.1, 0.15) is 13.8 Å². The van der Waals surface area contributed by atoms with E-state index in [1.807, 2.05) is 0 Å². The van der Waals surface area contributed by atoms with E-state index in [9.17, 15) is 19.8 Å². The van der Waals surface area contributed by atoms with Crippen LogP contribution in [-0.4, -0.2) is 32.0 Å². The number of hydrogen-bond acceptors (Lipinski definition) is 8. The van der Waals surface area contributed by atoms with E-state index in [0.29, 0.717) is 0 Å². The Balaban J connectivity index is -0.000000845. The molecule has 0 aliphatic carbocycles. The SMILES string of the molecule is CC(O)(SSC(C)(O)C(=O)[O-])C(=O)[O-].[Na+].[Na+]. The van der Waals surface area contributed by atoms with E-state index in [4.69, 9.17) is 10.2 Å². The molecule has 0 aliphatic rings. The Labute approximate surface area is 145 Å². The molecular weight excluding hydrogens is 278 g/mol. The average molecular weight is 286 g/mol. The van der Waals surface area contributed by atoms with Gasteiger partial charge in [0.2, 0.25) is 0 Å². The Hall–Kier alpha value is 1.56. The number of hydrogen-bond donors (Lipinski definition) is 2. The zero-order valence-corrected chi connectivity index (χ0v) is 15.0. The fourth-order valence-electron chi connectivity index (χ4n) is 0.230. The molecule has 16 heavy (non-hydrogen) atoms. The maximum Gasteiger partial charge on any atom is 1.00 e. The van der Waals surface area contributed by atoms with Gasteiger partial charge in [0, 0.05) is 0 Å². The van der Waals surface area contributed by atoms with Gasteiger partial charge in [0.25, 0.3) is 0 Å². The molecule has 0 radical (unpaired) electrons. The zero-order chi connectivity index (χ0) is 11.6. The van der Waals surface area contributed by atoms with Gasteiger partial charge in [0.1, 0.15) is 0 Å². The normalized spacial score (nSPS) is 17.0. The molecular formula is C6H8Na2O6S2. The number of aliphatic hydroxyl groups is 2. The molecule has 2 N–H and O–H groups in total. The quantitative estimate of drug-likeness (QED) is 0.290. The fourth-order valence-corrected chi connectivity index (χ4v) is 2.07. The third-order valence-corrected chi connectivity index (χ3v) is 4.39. The van der Waals surface area contributed by atoms with Gasteiger partial charge in [-0.25, -0.2) is 0 Å². The van der Waals surface area contributed by atoms with E-state index in [0.717, 1.165) is 13.8 Å². The molecule has 0 aromatic rings. The van der Waals surface area contributed by atoms with E-state index < -0.39 is 21.8 Å². The van der Waals surface area contributed by atoms with Crippen LogP contribution in [0.25, 0.3) is 0 Å². The summed E-state index contributed by atoms with van der Waals surface area (Å²) in [4.78, 5) is 16.0. The fraction of sp³-hybridized carbons (Fsp3) is 0.667. The average Bonchev–Trinajstić information content (AvgIpc) is 2.01. The second-order valence-electron chi connectivity index (χ2n) is 2.71. The zero-order valence-electron chi connectivity index (χ0n) is 9.34. The third kappa shape index (κ3) is 7.80. The molecule has 0 aromatic carbocycles. The van der Waals surface area contributed by atoms with Crippen molar-refractivity contribution in [3.8, 4) is 0 Å². The molecule has 82 valence electrons. The van der Waals surface area contributed by atoms with Crippen LogP contribution in [0.4, 0.5) is 0 Å². The molecule has 0 rings (SSSR count). The Morgan fingerprint density at radius 3 is 1.25 bits per heavy atom. The van der Waals surface area contributed by atoms with Gasteiger partial charge in [-0.3, -0.25) is 0 Å². The van der Waals surface area contributed by atoms with E-state index in [2.05, 4.69) is 0 Å². The second-order valence-corrected chi connectivity index (χ2v) is 5.63. The Kier molecular flexibility index (Phi) is 12.2. The standard InChI is InChI=1S/C6H10O6S2.2Na/c1-5(11,3(7)8)13-14-6(2,12)4(9)10;;/h11-12H,1-2H3,(H,7,8)(H,9,10);;/q;2*+1/p-2. The molecule has 2 unspecified atom stereocenters. The second kappa shape index (κ2) is 8.63. The minimum atomic E-state index is -2.27. The van der Waals surface area contributed by atoms with Gasteiger partial charge in [0.05, 0.1) is 11.9 Å². The van der Waals surface area contributed by atoms with Crippen LogP contribution in [0.2, 0.25) is 0 Å². The van der Waals surface area contributed by atoms with Crippen molar-refractivity contribution in [2.24, 2.45) is 0 Å².